The number of unbranched alkanes of at least 4 members (excludes halogenated alkanes) is 14. The molecule has 2 heterocycles. The zero-order valence-electron chi connectivity index (χ0n) is 26.5. The number of fused-ring (bicyclic) bond motifs is 3. The number of benzene rings is 2. The van der Waals surface area contributed by atoms with Crippen molar-refractivity contribution in [1.82, 2.24) is 9.97 Å². The van der Waals surface area contributed by atoms with Gasteiger partial charge in [-0.25, -0.2) is 0 Å². The minimum absolute atomic E-state index is 0.345. The van der Waals surface area contributed by atoms with Crippen molar-refractivity contribution in [1.29, 1.82) is 0 Å². The van der Waals surface area contributed by atoms with Crippen LogP contribution < -0.4 is 0 Å². The van der Waals surface area contributed by atoms with Crippen LogP contribution in [0.25, 0.3) is 34.0 Å². The number of carboxylic acid groups (broad SMARTS) is 1. The molecule has 0 saturated heterocycles. The van der Waals surface area contributed by atoms with E-state index in [4.69, 9.17) is 5.11 Å². The fourth-order valence-corrected chi connectivity index (χ4v) is 5.21. The molecule has 43 heavy (non-hydrogen) atoms. The first-order valence-corrected chi connectivity index (χ1v) is 16.5. The van der Waals surface area contributed by atoms with Crippen LogP contribution in [0, 0.1) is 0 Å². The summed E-state index contributed by atoms with van der Waals surface area (Å²) in [6, 6.07) is 20.4. The zero-order chi connectivity index (χ0) is 31.0. The van der Waals surface area contributed by atoms with E-state index in [-0.39, 0.29) is 0 Å². The van der Waals surface area contributed by atoms with Crippen molar-refractivity contribution in [2.24, 2.45) is 0 Å². The van der Waals surface area contributed by atoms with Gasteiger partial charge in [0.05, 0.1) is 11.2 Å². The van der Waals surface area contributed by atoms with Crippen LogP contribution in [0.5, 0.6) is 0 Å². The Morgan fingerprint density at radius 2 is 1.26 bits per heavy atom. The van der Waals surface area contributed by atoms with E-state index >= 15 is 0 Å². The predicted octanol–water partition coefficient (Wildman–Crippen LogP) is 12.0. The minimum Gasteiger partial charge on any atom is -0.481 e. The lowest BCUT2D eigenvalue weighted by Gasteiger charge is -2.03. The molecule has 0 bridgehead atoms. The summed E-state index contributed by atoms with van der Waals surface area (Å²) in [6.45, 7) is 9.67. The van der Waals surface area contributed by atoms with E-state index in [0.717, 1.165) is 24.1 Å². The van der Waals surface area contributed by atoms with Crippen LogP contribution in [0.4, 0.5) is 0 Å². The largest absolute Gasteiger partial charge is 0.481 e. The molecule has 0 fully saturated rings. The second-order valence-corrected chi connectivity index (χ2v) is 11.2. The predicted molar refractivity (Wildman–Crippen MR) is 187 cm³/mol. The van der Waals surface area contributed by atoms with Gasteiger partial charge in [0.2, 0.25) is 0 Å². The molecule has 2 N–H and O–H groups in total. The first kappa shape index (κ1) is 35.5. The number of aromatic amines is 1. The number of hydrogen-bond donors (Lipinski definition) is 2. The highest BCUT2D eigenvalue weighted by atomic mass is 16.4. The summed E-state index contributed by atoms with van der Waals surface area (Å²) in [5.74, 6) is -0.653. The van der Waals surface area contributed by atoms with Crippen molar-refractivity contribution in [2.45, 2.75) is 110 Å². The molecule has 2 aromatic heterocycles. The molecular formula is C39H54N2O2. The number of hydrogen-bond acceptors (Lipinski definition) is 2. The standard InChI is InChI=1S/C18H36O2.C14H11N.C7H7N/c1-2-3-4-5-6-7-8-9-10-11-12-13-14-15-16-17-18(19)20;1-2-10-6-5-8-12-11-7-3-4-9-13(11)15-14(10)12;1-2-7-5-3-4-6-8-7/h2-17H2,1H3,(H,19,20);2-9,15H,1H2;2-6H,1H2. The fraction of sp³-hybridized carbons (Fsp3) is 0.436. The van der Waals surface area contributed by atoms with Crippen LogP contribution in [-0.2, 0) is 4.79 Å². The van der Waals surface area contributed by atoms with Gasteiger partial charge in [-0.15, -0.1) is 0 Å². The molecule has 0 spiro atoms. The average Bonchev–Trinajstić information content (AvgIpc) is 3.43. The van der Waals surface area contributed by atoms with Gasteiger partial charge in [-0.2, -0.15) is 0 Å². The van der Waals surface area contributed by atoms with Crippen molar-refractivity contribution in [3.63, 3.8) is 0 Å². The SMILES string of the molecule is C=Cc1cccc2c1[nH]c1ccccc12.C=Cc1ccccn1.CCCCCCCCCCCCCCCCCC(=O)O. The van der Waals surface area contributed by atoms with Crippen LogP contribution in [-0.4, -0.2) is 21.0 Å². The number of carbonyl (C=O) groups is 1. The number of para-hydroxylation sites is 2. The number of aromatic nitrogens is 2. The van der Waals surface area contributed by atoms with Crippen molar-refractivity contribution in [3.05, 3.63) is 91.3 Å². The summed E-state index contributed by atoms with van der Waals surface area (Å²) in [5.41, 5.74) is 4.44. The van der Waals surface area contributed by atoms with Crippen molar-refractivity contribution >= 4 is 39.9 Å². The van der Waals surface area contributed by atoms with Gasteiger partial charge in [-0.1, -0.05) is 159 Å². The van der Waals surface area contributed by atoms with E-state index in [0.29, 0.717) is 6.42 Å². The van der Waals surface area contributed by atoms with Gasteiger partial charge in [-0.3, -0.25) is 9.78 Å². The van der Waals surface area contributed by atoms with E-state index in [2.05, 4.69) is 66.4 Å². The summed E-state index contributed by atoms with van der Waals surface area (Å²) >= 11 is 0. The molecule has 0 unspecified atom stereocenters. The average molecular weight is 583 g/mol. The maximum Gasteiger partial charge on any atom is 0.303 e. The first-order chi connectivity index (χ1) is 21.1. The monoisotopic (exact) mass is 582 g/mol. The quantitative estimate of drug-likeness (QED) is 0.115. The Balaban J connectivity index is 0.000000244. The lowest BCUT2D eigenvalue weighted by Crippen LogP contribution is -1.93. The molecule has 0 aliphatic rings. The first-order valence-electron chi connectivity index (χ1n) is 16.5. The third kappa shape index (κ3) is 14.9. The Bertz CT molecular complexity index is 1310. The molecule has 0 radical (unpaired) electrons. The maximum atomic E-state index is 10.3. The van der Waals surface area contributed by atoms with Crippen molar-refractivity contribution < 1.29 is 9.90 Å². The molecule has 4 rings (SSSR count). The summed E-state index contributed by atoms with van der Waals surface area (Å²) in [4.78, 5) is 17.7. The fourth-order valence-electron chi connectivity index (χ4n) is 5.21. The van der Waals surface area contributed by atoms with Crippen LogP contribution in [0.3, 0.4) is 0 Å². The summed E-state index contributed by atoms with van der Waals surface area (Å²) in [6.07, 6.45) is 25.6. The molecule has 232 valence electrons. The molecule has 0 aliphatic heterocycles. The maximum absolute atomic E-state index is 10.3. The highest BCUT2D eigenvalue weighted by Crippen LogP contribution is 2.27. The van der Waals surface area contributed by atoms with E-state index in [1.54, 1.807) is 12.3 Å². The number of H-pyrrole nitrogens is 1. The molecule has 0 aliphatic carbocycles. The number of carboxylic acids is 1. The second-order valence-electron chi connectivity index (χ2n) is 11.2. The van der Waals surface area contributed by atoms with Crippen molar-refractivity contribution in [3.8, 4) is 0 Å². The van der Waals surface area contributed by atoms with Gasteiger partial charge in [0.15, 0.2) is 0 Å². The highest BCUT2D eigenvalue weighted by Gasteiger charge is 2.04. The van der Waals surface area contributed by atoms with Gasteiger partial charge < -0.3 is 10.1 Å². The summed E-state index contributed by atoms with van der Waals surface area (Å²) < 4.78 is 0. The van der Waals surface area contributed by atoms with Gasteiger partial charge in [-0.05, 0) is 36.3 Å². The molecular weight excluding hydrogens is 528 g/mol. The molecule has 0 saturated carbocycles. The van der Waals surface area contributed by atoms with E-state index in [1.165, 1.54) is 105 Å². The van der Waals surface area contributed by atoms with Crippen LogP contribution in [0.2, 0.25) is 0 Å². The third-order valence-electron chi connectivity index (χ3n) is 7.68. The van der Waals surface area contributed by atoms with E-state index in [9.17, 15) is 4.79 Å². The van der Waals surface area contributed by atoms with Crippen molar-refractivity contribution in [2.75, 3.05) is 0 Å². The van der Waals surface area contributed by atoms with Crippen LogP contribution in [0.15, 0.2) is 80.0 Å². The summed E-state index contributed by atoms with van der Waals surface area (Å²) in [7, 11) is 0. The van der Waals surface area contributed by atoms with Gasteiger partial charge >= 0.3 is 5.97 Å². The third-order valence-corrected chi connectivity index (χ3v) is 7.68. The normalized spacial score (nSPS) is 10.4. The van der Waals surface area contributed by atoms with Crippen LogP contribution in [0.1, 0.15) is 121 Å². The number of nitrogens with zero attached hydrogens (tertiary/aromatic N) is 1. The summed E-state index contributed by atoms with van der Waals surface area (Å²) in [5, 5.41) is 11.1. The molecule has 4 aromatic rings. The second kappa shape index (κ2) is 22.9. The topological polar surface area (TPSA) is 66.0 Å². The number of aliphatic carboxylic acids is 1. The Morgan fingerprint density at radius 1 is 0.698 bits per heavy atom. The lowest BCUT2D eigenvalue weighted by atomic mass is 10.0. The van der Waals surface area contributed by atoms with E-state index in [1.807, 2.05) is 30.3 Å². The number of pyridine rings is 1. The Hall–Kier alpha value is -3.66. The Morgan fingerprint density at radius 3 is 1.77 bits per heavy atom. The van der Waals surface area contributed by atoms with Gasteiger partial charge in [0.1, 0.15) is 0 Å². The molecule has 0 atom stereocenters. The van der Waals surface area contributed by atoms with Gasteiger partial charge in [0.25, 0.3) is 0 Å². The molecule has 4 nitrogen and oxygen atoms in total. The molecule has 0 amide bonds. The Kier molecular flexibility index (Phi) is 18.9. The lowest BCUT2D eigenvalue weighted by molar-refractivity contribution is -0.137. The number of rotatable bonds is 18. The van der Waals surface area contributed by atoms with Gasteiger partial charge in [0, 0.05) is 28.9 Å². The molecule has 2 aromatic carbocycles. The van der Waals surface area contributed by atoms with Crippen LogP contribution >= 0.6 is 0 Å². The molecule has 4 heteroatoms. The Labute approximate surface area is 260 Å². The minimum atomic E-state index is -0.653. The zero-order valence-corrected chi connectivity index (χ0v) is 26.5. The van der Waals surface area contributed by atoms with E-state index < -0.39 is 5.97 Å². The highest BCUT2D eigenvalue weighted by molar-refractivity contribution is 6.09. The smallest absolute Gasteiger partial charge is 0.303 e. The number of nitrogens with one attached hydrogen (secondary N) is 1.